The first-order valence-electron chi connectivity index (χ1n) is 10.8. The van der Waals surface area contributed by atoms with E-state index in [0.29, 0.717) is 22.5 Å². The van der Waals surface area contributed by atoms with Gasteiger partial charge in [0.2, 0.25) is 0 Å². The van der Waals surface area contributed by atoms with Crippen LogP contribution >= 0.6 is 0 Å². The largest absolute Gasteiger partial charge is 0.300 e. The first-order chi connectivity index (χ1) is 11.3. The van der Waals surface area contributed by atoms with Crippen LogP contribution in [0, 0.1) is 52.3 Å². The Balaban J connectivity index is 1.62. The third-order valence-corrected chi connectivity index (χ3v) is 9.95. The molecule has 136 valence electrons. The number of carbonyl (C=O) groups is 1. The van der Waals surface area contributed by atoms with Crippen molar-refractivity contribution in [2.24, 2.45) is 52.3 Å². The van der Waals surface area contributed by atoms with Crippen LogP contribution in [0.2, 0.25) is 0 Å². The molecule has 0 aromatic heterocycles. The van der Waals surface area contributed by atoms with Gasteiger partial charge in [0, 0.05) is 5.92 Å². The van der Waals surface area contributed by atoms with E-state index < -0.39 is 0 Å². The van der Waals surface area contributed by atoms with Gasteiger partial charge in [-0.3, -0.25) is 4.79 Å². The van der Waals surface area contributed by atoms with Crippen LogP contribution in [-0.2, 0) is 4.79 Å². The maximum absolute atomic E-state index is 12.2. The molecule has 4 fully saturated rings. The molecule has 0 bridgehead atoms. The van der Waals surface area contributed by atoms with Gasteiger partial charge < -0.3 is 0 Å². The normalized spacial score (nSPS) is 57.0. The van der Waals surface area contributed by atoms with Gasteiger partial charge >= 0.3 is 0 Å². The summed E-state index contributed by atoms with van der Waals surface area (Å²) in [5.74, 6) is 6.30. The zero-order chi connectivity index (χ0) is 17.3. The molecule has 4 rings (SSSR count). The third kappa shape index (κ3) is 2.21. The van der Waals surface area contributed by atoms with Gasteiger partial charge in [0.05, 0.1) is 0 Å². The lowest BCUT2D eigenvalue weighted by Gasteiger charge is -2.62. The minimum atomic E-state index is 0.323. The summed E-state index contributed by atoms with van der Waals surface area (Å²) in [6.45, 7) is 12.0. The summed E-state index contributed by atoms with van der Waals surface area (Å²) in [6, 6.07) is 0. The minimum absolute atomic E-state index is 0.323. The summed E-state index contributed by atoms with van der Waals surface area (Å²) in [4.78, 5) is 12.2. The fourth-order valence-corrected chi connectivity index (χ4v) is 8.48. The summed E-state index contributed by atoms with van der Waals surface area (Å²) >= 11 is 0. The maximum atomic E-state index is 12.2. The van der Waals surface area contributed by atoms with Crippen LogP contribution < -0.4 is 0 Å². The molecule has 9 atom stereocenters. The van der Waals surface area contributed by atoms with Crippen LogP contribution in [0.1, 0.15) is 86.0 Å². The summed E-state index contributed by atoms with van der Waals surface area (Å²) in [7, 11) is 0. The second kappa shape index (κ2) is 5.58. The molecule has 4 saturated carbocycles. The molecule has 24 heavy (non-hydrogen) atoms. The van der Waals surface area contributed by atoms with Crippen molar-refractivity contribution in [2.75, 3.05) is 0 Å². The second-order valence-electron chi connectivity index (χ2n) is 10.8. The van der Waals surface area contributed by atoms with E-state index in [1.165, 1.54) is 51.4 Å². The summed E-state index contributed by atoms with van der Waals surface area (Å²) in [6.07, 6.45) is 11.1. The van der Waals surface area contributed by atoms with Crippen molar-refractivity contribution in [2.45, 2.75) is 86.0 Å². The number of hydrogen-bond donors (Lipinski definition) is 0. The Morgan fingerprint density at radius 2 is 1.58 bits per heavy atom. The van der Waals surface area contributed by atoms with Crippen molar-refractivity contribution in [3.63, 3.8) is 0 Å². The van der Waals surface area contributed by atoms with E-state index in [9.17, 15) is 4.79 Å². The zero-order valence-electron chi connectivity index (χ0n) is 16.6. The number of rotatable bonds is 1. The highest BCUT2D eigenvalue weighted by molar-refractivity contribution is 5.79. The smallest absolute Gasteiger partial charge is 0.133 e. The van der Waals surface area contributed by atoms with Gasteiger partial charge in [-0.1, -0.05) is 27.7 Å². The Bertz CT molecular complexity index is 524. The average molecular weight is 331 g/mol. The molecule has 0 aromatic rings. The minimum Gasteiger partial charge on any atom is -0.300 e. The molecule has 1 heteroatoms. The van der Waals surface area contributed by atoms with Gasteiger partial charge in [-0.25, -0.2) is 0 Å². The fraction of sp³-hybridized carbons (Fsp3) is 0.957. The van der Waals surface area contributed by atoms with Crippen LogP contribution in [0.5, 0.6) is 0 Å². The van der Waals surface area contributed by atoms with Crippen molar-refractivity contribution in [3.05, 3.63) is 0 Å². The lowest BCUT2D eigenvalue weighted by molar-refractivity contribution is -0.138. The van der Waals surface area contributed by atoms with E-state index in [4.69, 9.17) is 0 Å². The highest BCUT2D eigenvalue weighted by Crippen LogP contribution is 2.68. The monoisotopic (exact) mass is 330 g/mol. The van der Waals surface area contributed by atoms with Gasteiger partial charge in [-0.15, -0.1) is 0 Å². The summed E-state index contributed by atoms with van der Waals surface area (Å²) < 4.78 is 0. The van der Waals surface area contributed by atoms with Gasteiger partial charge in [0.25, 0.3) is 0 Å². The number of ketones is 1. The number of carbonyl (C=O) groups excluding carboxylic acids is 1. The molecule has 1 nitrogen and oxygen atoms in total. The number of hydrogen-bond acceptors (Lipinski definition) is 1. The molecule has 0 radical (unpaired) electrons. The van der Waals surface area contributed by atoms with Gasteiger partial charge in [0.1, 0.15) is 5.78 Å². The lowest BCUT2D eigenvalue weighted by Crippen LogP contribution is -2.54. The van der Waals surface area contributed by atoms with Gasteiger partial charge in [-0.05, 0) is 105 Å². The van der Waals surface area contributed by atoms with E-state index >= 15 is 0 Å². The van der Waals surface area contributed by atoms with Crippen LogP contribution in [0.25, 0.3) is 0 Å². The molecule has 0 N–H and O–H groups in total. The zero-order valence-corrected chi connectivity index (χ0v) is 16.6. The van der Waals surface area contributed by atoms with E-state index in [1.807, 2.05) is 6.92 Å². The Hall–Kier alpha value is -0.330. The van der Waals surface area contributed by atoms with Gasteiger partial charge in [-0.2, -0.15) is 0 Å². The molecule has 0 aliphatic heterocycles. The SMILES string of the molecule is CC(=O)[C@H]1CC[C@H]2[C@@H]3CC[C@H]4C[C@H](C)[C@@H](C)C[C@]4(C)[C@H]3CC[C@]12C. The van der Waals surface area contributed by atoms with Crippen LogP contribution in [0.4, 0.5) is 0 Å². The fourth-order valence-electron chi connectivity index (χ4n) is 8.48. The van der Waals surface area contributed by atoms with Crippen molar-refractivity contribution < 1.29 is 4.79 Å². The molecular weight excluding hydrogens is 292 g/mol. The highest BCUT2D eigenvalue weighted by atomic mass is 16.1. The van der Waals surface area contributed by atoms with Crippen LogP contribution in [0.3, 0.4) is 0 Å². The number of Topliss-reactive ketones (excluding diaryl/α,β-unsaturated/α-hetero) is 1. The molecule has 0 spiro atoms. The first kappa shape index (κ1) is 17.1. The van der Waals surface area contributed by atoms with Gasteiger partial charge in [0.15, 0.2) is 0 Å². The first-order valence-corrected chi connectivity index (χ1v) is 10.8. The molecular formula is C23H38O. The van der Waals surface area contributed by atoms with Crippen molar-refractivity contribution in [1.29, 1.82) is 0 Å². The lowest BCUT2D eigenvalue weighted by atomic mass is 9.43. The Morgan fingerprint density at radius 1 is 0.875 bits per heavy atom. The van der Waals surface area contributed by atoms with Crippen molar-refractivity contribution >= 4 is 5.78 Å². The molecule has 0 saturated heterocycles. The van der Waals surface area contributed by atoms with Crippen molar-refractivity contribution in [1.82, 2.24) is 0 Å². The molecule has 4 aliphatic rings. The van der Waals surface area contributed by atoms with E-state index in [-0.39, 0.29) is 0 Å². The maximum Gasteiger partial charge on any atom is 0.133 e. The molecule has 4 aliphatic carbocycles. The number of fused-ring (bicyclic) bond motifs is 5. The predicted molar refractivity (Wildman–Crippen MR) is 99.6 cm³/mol. The Morgan fingerprint density at radius 3 is 2.29 bits per heavy atom. The van der Waals surface area contributed by atoms with Crippen LogP contribution in [0.15, 0.2) is 0 Å². The quantitative estimate of drug-likeness (QED) is 0.566. The predicted octanol–water partition coefficient (Wildman–Crippen LogP) is 6.12. The summed E-state index contributed by atoms with van der Waals surface area (Å²) in [5.41, 5.74) is 0.911. The van der Waals surface area contributed by atoms with E-state index in [0.717, 1.165) is 35.5 Å². The average Bonchev–Trinajstić information content (AvgIpc) is 2.86. The summed E-state index contributed by atoms with van der Waals surface area (Å²) in [5, 5.41) is 0. The third-order valence-electron chi connectivity index (χ3n) is 9.95. The van der Waals surface area contributed by atoms with Crippen LogP contribution in [-0.4, -0.2) is 5.78 Å². The molecule has 0 unspecified atom stereocenters. The van der Waals surface area contributed by atoms with E-state index in [2.05, 4.69) is 27.7 Å². The Labute approximate surface area is 149 Å². The molecule has 0 amide bonds. The standard InChI is InChI=1S/C23H38O/c1-14-12-17-6-7-18-20-9-8-19(16(3)24)22(20,4)11-10-21(18)23(17,5)13-15(14)2/h14-15,17-21H,6-13H2,1-5H3/t14-,15-,17-,18-,19+,20-,21-,22+,23-/m0/s1. The molecule has 0 aromatic carbocycles. The topological polar surface area (TPSA) is 17.1 Å². The highest BCUT2D eigenvalue weighted by Gasteiger charge is 2.61. The molecule has 0 heterocycles. The Kier molecular flexibility index (Phi) is 3.98. The van der Waals surface area contributed by atoms with E-state index in [1.54, 1.807) is 0 Å². The second-order valence-corrected chi connectivity index (χ2v) is 10.8. The van der Waals surface area contributed by atoms with Crippen molar-refractivity contribution in [3.8, 4) is 0 Å².